The summed E-state index contributed by atoms with van der Waals surface area (Å²) in [5, 5.41) is 1.12. The van der Waals surface area contributed by atoms with Gasteiger partial charge in [-0.1, -0.05) is 23.4 Å². The highest BCUT2D eigenvalue weighted by atomic mass is 35.5. The van der Waals surface area contributed by atoms with E-state index >= 15 is 0 Å². The normalized spacial score (nSPS) is 10.2. The molecule has 6 heteroatoms. The summed E-state index contributed by atoms with van der Waals surface area (Å²) in [6.45, 7) is 0. The molecule has 2 aromatic rings. The first-order valence-electron chi connectivity index (χ1n) is 4.10. The molecule has 2 aromatic heterocycles. The average Bonchev–Trinajstić information content (AvgIpc) is 2.25. The number of rotatable bonds is 2. The molecule has 0 aliphatic rings. The molecule has 2 N–H and O–H groups in total. The van der Waals surface area contributed by atoms with E-state index in [1.165, 1.54) is 18.0 Å². The highest BCUT2D eigenvalue weighted by Gasteiger charge is 2.02. The molecule has 0 amide bonds. The largest absolute Gasteiger partial charge is 0.397 e. The molecule has 0 aliphatic carbocycles. The maximum absolute atomic E-state index is 5.74. The number of pyridine rings is 1. The fourth-order valence-corrected chi connectivity index (χ4v) is 1.79. The maximum atomic E-state index is 5.74. The van der Waals surface area contributed by atoms with Gasteiger partial charge in [0.1, 0.15) is 10.2 Å². The molecule has 0 radical (unpaired) electrons. The van der Waals surface area contributed by atoms with Crippen molar-refractivity contribution in [2.24, 2.45) is 0 Å². The lowest BCUT2D eigenvalue weighted by atomic mass is 10.4. The summed E-state index contributed by atoms with van der Waals surface area (Å²) < 4.78 is 0. The van der Waals surface area contributed by atoms with Gasteiger partial charge in [0.25, 0.3) is 0 Å². The third kappa shape index (κ3) is 2.57. The molecule has 4 nitrogen and oxygen atoms in total. The van der Waals surface area contributed by atoms with Crippen molar-refractivity contribution in [2.75, 3.05) is 5.73 Å². The van der Waals surface area contributed by atoms with E-state index in [-0.39, 0.29) is 0 Å². The zero-order valence-electron chi connectivity index (χ0n) is 7.59. The minimum absolute atomic E-state index is 0.377. The second-order valence-corrected chi connectivity index (χ2v) is 4.14. The van der Waals surface area contributed by atoms with Crippen molar-refractivity contribution < 1.29 is 0 Å². The summed E-state index contributed by atoms with van der Waals surface area (Å²) in [4.78, 5) is 12.8. The van der Waals surface area contributed by atoms with Gasteiger partial charge in [-0.25, -0.2) is 9.97 Å². The van der Waals surface area contributed by atoms with Crippen LogP contribution in [0.3, 0.4) is 0 Å². The standard InChI is InChI=1S/C9H7ClN4S/c10-8-4-14-9(5-13-8)15-7-1-2-12-3-6(7)11/h1-5H,11H2. The second kappa shape index (κ2) is 4.46. The van der Waals surface area contributed by atoms with Gasteiger partial charge in [0.15, 0.2) is 0 Å². The molecule has 0 saturated carbocycles. The van der Waals surface area contributed by atoms with Crippen LogP contribution in [0.4, 0.5) is 5.69 Å². The Balaban J connectivity index is 2.22. The van der Waals surface area contributed by atoms with Crippen LogP contribution >= 0.6 is 23.4 Å². The van der Waals surface area contributed by atoms with Crippen LogP contribution < -0.4 is 5.73 Å². The van der Waals surface area contributed by atoms with E-state index in [0.29, 0.717) is 10.8 Å². The molecule has 76 valence electrons. The summed E-state index contributed by atoms with van der Waals surface area (Å²) in [6.07, 6.45) is 6.39. The van der Waals surface area contributed by atoms with E-state index in [1.54, 1.807) is 18.6 Å². The van der Waals surface area contributed by atoms with Crippen molar-refractivity contribution in [2.45, 2.75) is 9.92 Å². The molecule has 2 heterocycles. The van der Waals surface area contributed by atoms with E-state index in [4.69, 9.17) is 17.3 Å². The monoisotopic (exact) mass is 238 g/mol. The molecule has 0 fully saturated rings. The van der Waals surface area contributed by atoms with E-state index in [9.17, 15) is 0 Å². The third-order valence-corrected chi connectivity index (χ3v) is 2.83. The number of hydrogen-bond acceptors (Lipinski definition) is 5. The summed E-state index contributed by atoms with van der Waals surface area (Å²) in [7, 11) is 0. The average molecular weight is 239 g/mol. The molecular formula is C9H7ClN4S. The molecule has 0 aromatic carbocycles. The molecule has 0 saturated heterocycles. The number of nitrogen functional groups attached to an aromatic ring is 1. The van der Waals surface area contributed by atoms with E-state index < -0.39 is 0 Å². The molecular weight excluding hydrogens is 232 g/mol. The van der Waals surface area contributed by atoms with Crippen LogP contribution in [0.25, 0.3) is 0 Å². The Labute approximate surface area is 95.9 Å². The summed E-state index contributed by atoms with van der Waals surface area (Å²) in [5.74, 6) is 0. The van der Waals surface area contributed by atoms with Gasteiger partial charge >= 0.3 is 0 Å². The number of halogens is 1. The topological polar surface area (TPSA) is 64.7 Å². The predicted octanol–water partition coefficient (Wildman–Crippen LogP) is 2.26. The van der Waals surface area contributed by atoms with Crippen LogP contribution in [0.1, 0.15) is 0 Å². The summed E-state index contributed by atoms with van der Waals surface area (Å²) in [6, 6.07) is 1.83. The number of nitrogens with zero attached hydrogens (tertiary/aromatic N) is 3. The van der Waals surface area contributed by atoms with Gasteiger partial charge in [0, 0.05) is 11.1 Å². The zero-order valence-corrected chi connectivity index (χ0v) is 9.16. The second-order valence-electron chi connectivity index (χ2n) is 2.69. The minimum atomic E-state index is 0.377. The van der Waals surface area contributed by atoms with E-state index in [0.717, 1.165) is 9.92 Å². The highest BCUT2D eigenvalue weighted by Crippen LogP contribution is 2.29. The van der Waals surface area contributed by atoms with Crippen molar-refractivity contribution in [1.29, 1.82) is 0 Å². The van der Waals surface area contributed by atoms with Crippen LogP contribution in [0.5, 0.6) is 0 Å². The molecule has 0 unspecified atom stereocenters. The lowest BCUT2D eigenvalue weighted by Crippen LogP contribution is -1.90. The van der Waals surface area contributed by atoms with Crippen molar-refractivity contribution in [3.63, 3.8) is 0 Å². The Kier molecular flexibility index (Phi) is 3.03. The molecule has 0 aliphatic heterocycles. The Morgan fingerprint density at radius 3 is 2.73 bits per heavy atom. The Bertz CT molecular complexity index is 460. The number of aromatic nitrogens is 3. The zero-order chi connectivity index (χ0) is 10.7. The third-order valence-electron chi connectivity index (χ3n) is 1.62. The van der Waals surface area contributed by atoms with E-state index in [1.807, 2.05) is 6.07 Å². The summed E-state index contributed by atoms with van der Waals surface area (Å²) in [5.41, 5.74) is 6.37. The first kappa shape index (κ1) is 10.2. The lowest BCUT2D eigenvalue weighted by molar-refractivity contribution is 1.05. The van der Waals surface area contributed by atoms with Gasteiger partial charge < -0.3 is 5.73 Å². The van der Waals surface area contributed by atoms with Gasteiger partial charge in [-0.3, -0.25) is 4.98 Å². The predicted molar refractivity (Wildman–Crippen MR) is 59.8 cm³/mol. The minimum Gasteiger partial charge on any atom is -0.397 e. The molecule has 2 rings (SSSR count). The first-order chi connectivity index (χ1) is 7.25. The SMILES string of the molecule is Nc1cnccc1Sc1cnc(Cl)cn1. The van der Waals surface area contributed by atoms with Gasteiger partial charge in [0.2, 0.25) is 0 Å². The quantitative estimate of drug-likeness (QED) is 0.870. The van der Waals surface area contributed by atoms with Gasteiger partial charge in [-0.2, -0.15) is 0 Å². The van der Waals surface area contributed by atoms with Crippen LogP contribution in [-0.4, -0.2) is 15.0 Å². The number of anilines is 1. The first-order valence-corrected chi connectivity index (χ1v) is 5.30. The fourth-order valence-electron chi connectivity index (χ4n) is 0.953. The van der Waals surface area contributed by atoms with Gasteiger partial charge in [-0.15, -0.1) is 0 Å². The van der Waals surface area contributed by atoms with Gasteiger partial charge in [0.05, 0.1) is 24.3 Å². The fraction of sp³-hybridized carbons (Fsp3) is 0. The Morgan fingerprint density at radius 2 is 2.07 bits per heavy atom. The van der Waals surface area contributed by atoms with Crippen LogP contribution in [0.2, 0.25) is 5.15 Å². The number of hydrogen-bond donors (Lipinski definition) is 1. The molecule has 0 spiro atoms. The highest BCUT2D eigenvalue weighted by molar-refractivity contribution is 7.99. The molecule has 0 bridgehead atoms. The van der Waals surface area contributed by atoms with Crippen molar-refractivity contribution in [3.05, 3.63) is 36.0 Å². The Morgan fingerprint density at radius 1 is 1.20 bits per heavy atom. The van der Waals surface area contributed by atoms with Crippen LogP contribution in [-0.2, 0) is 0 Å². The smallest absolute Gasteiger partial charge is 0.147 e. The maximum Gasteiger partial charge on any atom is 0.147 e. The lowest BCUT2D eigenvalue weighted by Gasteiger charge is -2.02. The summed E-state index contributed by atoms with van der Waals surface area (Å²) >= 11 is 7.05. The number of nitrogens with two attached hydrogens (primary N) is 1. The van der Waals surface area contributed by atoms with Crippen molar-refractivity contribution in [1.82, 2.24) is 15.0 Å². The molecule has 15 heavy (non-hydrogen) atoms. The van der Waals surface area contributed by atoms with Crippen LogP contribution in [0.15, 0.2) is 40.8 Å². The molecule has 0 atom stereocenters. The van der Waals surface area contributed by atoms with Crippen molar-refractivity contribution in [3.8, 4) is 0 Å². The van der Waals surface area contributed by atoms with Crippen LogP contribution in [0, 0.1) is 0 Å². The van der Waals surface area contributed by atoms with Gasteiger partial charge in [-0.05, 0) is 6.07 Å². The van der Waals surface area contributed by atoms with E-state index in [2.05, 4.69) is 15.0 Å². The Hall–Kier alpha value is -1.33. The van der Waals surface area contributed by atoms with Crippen molar-refractivity contribution >= 4 is 29.1 Å².